The molecule has 0 saturated carbocycles. The van der Waals surface area contributed by atoms with Crippen LogP contribution in [-0.2, 0) is 11.2 Å². The first-order valence-corrected chi connectivity index (χ1v) is 2.49. The van der Waals surface area contributed by atoms with Gasteiger partial charge in [-0.1, -0.05) is 0 Å². The monoisotopic (exact) mass is 134 g/mol. The minimum Gasteiger partial charge on any atom is -1.00 e. The van der Waals surface area contributed by atoms with Crippen LogP contribution in [0.5, 0.6) is 0 Å². The number of nitrogens with one attached hydrogen (secondary N) is 1. The zero-order valence-corrected chi connectivity index (χ0v) is 5.66. The Morgan fingerprint density at radius 3 is 3.00 bits per heavy atom. The van der Waals surface area contributed by atoms with E-state index in [0.717, 1.165) is 0 Å². The number of aromatic amines is 1. The molecular formula is C5H7LiN2O2. The van der Waals surface area contributed by atoms with Gasteiger partial charge >= 0.3 is 24.8 Å². The van der Waals surface area contributed by atoms with Gasteiger partial charge in [-0.05, 0) is 0 Å². The summed E-state index contributed by atoms with van der Waals surface area (Å²) in [5.74, 6) is -0.382. The van der Waals surface area contributed by atoms with Gasteiger partial charge in [0.05, 0.1) is 0 Å². The van der Waals surface area contributed by atoms with Crippen LogP contribution >= 0.6 is 0 Å². The molecule has 1 aromatic rings. The Bertz CT molecular complexity index is 202. The van der Waals surface area contributed by atoms with Gasteiger partial charge < -0.3 is 11.5 Å². The summed E-state index contributed by atoms with van der Waals surface area (Å²) in [5.41, 5.74) is 0. The van der Waals surface area contributed by atoms with Gasteiger partial charge in [0, 0.05) is 12.4 Å². The molecule has 0 fully saturated rings. The smallest absolute Gasteiger partial charge is 1.00 e. The van der Waals surface area contributed by atoms with E-state index in [4.69, 9.17) is 5.11 Å². The summed E-state index contributed by atoms with van der Waals surface area (Å²) in [6.07, 6.45) is 3.09. The second-order valence-corrected chi connectivity index (χ2v) is 1.61. The fraction of sp³-hybridized carbons (Fsp3) is 0.200. The normalized spacial score (nSPS) is 8.40. The standard InChI is InChI=1S/C5H6N2O2.Li.H/c8-5(9)3-4-6-1-2-7-4;;/h1-2H,3H2,(H,6,7)(H,8,9);;/q;+1;-1. The van der Waals surface area contributed by atoms with Gasteiger partial charge in [0.1, 0.15) is 12.2 Å². The van der Waals surface area contributed by atoms with Crippen LogP contribution in [0.4, 0.5) is 0 Å². The molecule has 0 aliphatic heterocycles. The molecule has 0 saturated heterocycles. The van der Waals surface area contributed by atoms with Crippen LogP contribution in [0.1, 0.15) is 7.25 Å². The van der Waals surface area contributed by atoms with E-state index in [2.05, 4.69) is 9.97 Å². The Kier molecular flexibility index (Phi) is 3.85. The van der Waals surface area contributed by atoms with Gasteiger partial charge in [0.2, 0.25) is 0 Å². The van der Waals surface area contributed by atoms with Crippen LogP contribution in [0.15, 0.2) is 12.4 Å². The number of hydrogen-bond donors (Lipinski definition) is 2. The number of aromatic nitrogens is 2. The van der Waals surface area contributed by atoms with Crippen molar-refractivity contribution in [3.8, 4) is 0 Å². The molecule has 0 amide bonds. The number of rotatable bonds is 2. The van der Waals surface area contributed by atoms with E-state index in [9.17, 15) is 4.79 Å². The van der Waals surface area contributed by atoms with Crippen molar-refractivity contribution in [1.82, 2.24) is 9.97 Å². The number of carbonyl (C=O) groups is 1. The summed E-state index contributed by atoms with van der Waals surface area (Å²) in [5, 5.41) is 8.23. The number of nitrogens with zero attached hydrogens (tertiary/aromatic N) is 1. The van der Waals surface area contributed by atoms with E-state index in [-0.39, 0.29) is 26.7 Å². The number of carboxylic acid groups (broad SMARTS) is 1. The van der Waals surface area contributed by atoms with Gasteiger partial charge in [-0.25, -0.2) is 4.98 Å². The van der Waals surface area contributed by atoms with Crippen LogP contribution in [0.2, 0.25) is 0 Å². The van der Waals surface area contributed by atoms with Gasteiger partial charge in [-0.3, -0.25) is 4.79 Å². The molecule has 1 aromatic heterocycles. The molecular weight excluding hydrogens is 127 g/mol. The van der Waals surface area contributed by atoms with E-state index < -0.39 is 5.97 Å². The zero-order valence-electron chi connectivity index (χ0n) is 6.66. The molecule has 10 heavy (non-hydrogen) atoms. The summed E-state index contributed by atoms with van der Waals surface area (Å²) < 4.78 is 0. The minimum atomic E-state index is -0.870. The number of H-pyrrole nitrogens is 1. The summed E-state index contributed by atoms with van der Waals surface area (Å²) >= 11 is 0. The molecule has 1 rings (SSSR count). The molecule has 50 valence electrons. The first kappa shape index (κ1) is 9.28. The zero-order chi connectivity index (χ0) is 6.69. The number of imidazole rings is 1. The molecule has 0 radical (unpaired) electrons. The fourth-order valence-corrected chi connectivity index (χ4v) is 0.538. The first-order valence-electron chi connectivity index (χ1n) is 2.49. The van der Waals surface area contributed by atoms with Crippen molar-refractivity contribution in [1.29, 1.82) is 0 Å². The molecule has 0 bridgehead atoms. The summed E-state index contributed by atoms with van der Waals surface area (Å²) in [6.45, 7) is 0. The van der Waals surface area contributed by atoms with E-state index in [0.29, 0.717) is 5.82 Å². The van der Waals surface area contributed by atoms with Gasteiger partial charge in [0.25, 0.3) is 0 Å². The van der Waals surface area contributed by atoms with Crippen LogP contribution < -0.4 is 18.9 Å². The topological polar surface area (TPSA) is 66.0 Å². The van der Waals surface area contributed by atoms with Crippen molar-refractivity contribution in [3.05, 3.63) is 18.2 Å². The average Bonchev–Trinajstić information content (AvgIpc) is 2.15. The molecule has 0 aliphatic rings. The fourth-order valence-electron chi connectivity index (χ4n) is 0.538. The largest absolute Gasteiger partial charge is 1.00 e. The molecule has 0 atom stereocenters. The molecule has 0 unspecified atom stereocenters. The van der Waals surface area contributed by atoms with Crippen molar-refractivity contribution in [2.45, 2.75) is 6.42 Å². The molecule has 1 heterocycles. The number of aliphatic carboxylic acids is 1. The van der Waals surface area contributed by atoms with Gasteiger partial charge in [-0.15, -0.1) is 0 Å². The van der Waals surface area contributed by atoms with Crippen molar-refractivity contribution in [2.24, 2.45) is 0 Å². The first-order chi connectivity index (χ1) is 4.29. The maximum absolute atomic E-state index is 10.0. The maximum atomic E-state index is 10.0. The second kappa shape index (κ2) is 4.15. The predicted molar refractivity (Wildman–Crippen MR) is 31.0 cm³/mol. The molecule has 0 aliphatic carbocycles. The maximum Gasteiger partial charge on any atom is 1.00 e. The Labute approximate surface area is 71.3 Å². The third kappa shape index (κ3) is 2.71. The second-order valence-electron chi connectivity index (χ2n) is 1.61. The Morgan fingerprint density at radius 2 is 2.60 bits per heavy atom. The quantitative estimate of drug-likeness (QED) is 0.428. The van der Waals surface area contributed by atoms with E-state index in [1.54, 1.807) is 6.20 Å². The van der Waals surface area contributed by atoms with Crippen molar-refractivity contribution >= 4 is 5.97 Å². The summed E-state index contributed by atoms with van der Waals surface area (Å²) in [7, 11) is 0. The Hall–Kier alpha value is -0.723. The van der Waals surface area contributed by atoms with Gasteiger partial charge in [0.15, 0.2) is 0 Å². The van der Waals surface area contributed by atoms with Crippen LogP contribution in [0.3, 0.4) is 0 Å². The van der Waals surface area contributed by atoms with Crippen LogP contribution in [0, 0.1) is 0 Å². The van der Waals surface area contributed by atoms with E-state index in [1.807, 2.05) is 0 Å². The van der Waals surface area contributed by atoms with Crippen molar-refractivity contribution in [3.63, 3.8) is 0 Å². The molecule has 2 N–H and O–H groups in total. The summed E-state index contributed by atoms with van der Waals surface area (Å²) in [4.78, 5) is 16.4. The number of carboxylic acids is 1. The van der Waals surface area contributed by atoms with E-state index in [1.165, 1.54) is 6.20 Å². The molecule has 0 aromatic carbocycles. The minimum absolute atomic E-state index is 0. The Morgan fingerprint density at radius 1 is 1.90 bits per heavy atom. The van der Waals surface area contributed by atoms with Crippen LogP contribution in [0.25, 0.3) is 0 Å². The number of hydrogen-bond acceptors (Lipinski definition) is 2. The third-order valence-electron chi connectivity index (χ3n) is 0.874. The SMILES string of the molecule is O=C(O)Cc1ncc[nH]1.[H-].[Li+]. The molecule has 5 heteroatoms. The Balaban J connectivity index is 0. The van der Waals surface area contributed by atoms with Crippen LogP contribution in [-0.4, -0.2) is 21.0 Å². The third-order valence-corrected chi connectivity index (χ3v) is 0.874. The molecule has 4 nitrogen and oxygen atoms in total. The molecule has 0 spiro atoms. The summed E-state index contributed by atoms with van der Waals surface area (Å²) in [6, 6.07) is 0. The van der Waals surface area contributed by atoms with Crippen molar-refractivity contribution in [2.75, 3.05) is 0 Å². The van der Waals surface area contributed by atoms with Gasteiger partial charge in [-0.2, -0.15) is 0 Å². The van der Waals surface area contributed by atoms with E-state index >= 15 is 0 Å². The average molecular weight is 134 g/mol. The predicted octanol–water partition coefficient (Wildman–Crippen LogP) is -2.85. The van der Waals surface area contributed by atoms with Crippen molar-refractivity contribution < 1.29 is 30.2 Å².